The number of halogens is 2. The van der Waals surface area contributed by atoms with Gasteiger partial charge >= 0.3 is 0 Å². The van der Waals surface area contributed by atoms with E-state index in [1.54, 1.807) is 19.4 Å². The van der Waals surface area contributed by atoms with Gasteiger partial charge in [0.15, 0.2) is 16.7 Å². The fraction of sp³-hybridized carbons (Fsp3) is 0.577. The minimum Gasteiger partial charge on any atom is -0.504 e. The average molecular weight is 565 g/mol. The number of anilines is 1. The molecule has 188 valence electrons. The highest BCUT2D eigenvalue weighted by Crippen LogP contribution is 2.63. The molecule has 2 saturated carbocycles. The summed E-state index contributed by atoms with van der Waals surface area (Å²) in [5, 5.41) is 18.2. The first-order chi connectivity index (χ1) is 16.7. The summed E-state index contributed by atoms with van der Waals surface area (Å²) in [5.41, 5.74) is 3.06. The Morgan fingerprint density at radius 3 is 2.97 bits per heavy atom. The number of rotatable bonds is 5. The summed E-state index contributed by atoms with van der Waals surface area (Å²) in [6.07, 6.45) is 7.44. The van der Waals surface area contributed by atoms with E-state index in [4.69, 9.17) is 4.84 Å². The number of phenolic OH excluding ortho intramolecular Hbond substituents is 1. The van der Waals surface area contributed by atoms with Gasteiger partial charge in [-0.15, -0.1) is 11.3 Å². The van der Waals surface area contributed by atoms with Crippen LogP contribution in [-0.4, -0.2) is 28.8 Å². The number of nitrogens with zero attached hydrogens (tertiary/aromatic N) is 2. The van der Waals surface area contributed by atoms with Gasteiger partial charge in [-0.05, 0) is 102 Å². The number of fused-ring (bicyclic) bond motifs is 5. The van der Waals surface area contributed by atoms with Gasteiger partial charge in [-0.2, -0.15) is 0 Å². The fourth-order valence-electron chi connectivity index (χ4n) is 7.15. The highest BCUT2D eigenvalue weighted by atomic mass is 79.9. The van der Waals surface area contributed by atoms with E-state index < -0.39 is 5.82 Å². The van der Waals surface area contributed by atoms with Gasteiger partial charge in [0.1, 0.15) is 7.11 Å². The number of aromatic nitrogens is 1. The van der Waals surface area contributed by atoms with E-state index in [2.05, 4.69) is 38.3 Å². The SMILES string of the molecule is CON=C1CC(CCC(=O)Nc2ncc(C)s2)C2C3CCc4c(cc(F)c(O)c4Br)C3CCC12C. The highest BCUT2D eigenvalue weighted by Gasteiger charge is 2.57. The van der Waals surface area contributed by atoms with E-state index >= 15 is 0 Å². The number of hydrogen-bond acceptors (Lipinski definition) is 6. The quantitative estimate of drug-likeness (QED) is 0.403. The molecule has 1 aromatic heterocycles. The summed E-state index contributed by atoms with van der Waals surface area (Å²) < 4.78 is 15.0. The summed E-state index contributed by atoms with van der Waals surface area (Å²) in [6.45, 7) is 4.27. The maximum atomic E-state index is 14.5. The summed E-state index contributed by atoms with van der Waals surface area (Å²) in [6, 6.07) is 1.55. The molecule has 5 atom stereocenters. The van der Waals surface area contributed by atoms with Gasteiger partial charge in [-0.3, -0.25) is 4.79 Å². The number of amides is 1. The van der Waals surface area contributed by atoms with Crippen molar-refractivity contribution < 1.29 is 19.1 Å². The normalized spacial score (nSPS) is 30.5. The molecule has 0 saturated heterocycles. The molecule has 2 fully saturated rings. The van der Waals surface area contributed by atoms with E-state index in [0.29, 0.717) is 33.8 Å². The zero-order chi connectivity index (χ0) is 24.9. The Labute approximate surface area is 217 Å². The van der Waals surface area contributed by atoms with Crippen LogP contribution in [0.4, 0.5) is 9.52 Å². The molecule has 35 heavy (non-hydrogen) atoms. The number of benzene rings is 1. The molecular weight excluding hydrogens is 533 g/mol. The monoisotopic (exact) mass is 563 g/mol. The number of oxime groups is 1. The van der Waals surface area contributed by atoms with Gasteiger partial charge in [0, 0.05) is 22.9 Å². The Hall–Kier alpha value is -2.00. The molecule has 1 aromatic carbocycles. The summed E-state index contributed by atoms with van der Waals surface area (Å²) in [5.74, 6) is 0.379. The van der Waals surface area contributed by atoms with Crippen LogP contribution < -0.4 is 5.32 Å². The average Bonchev–Trinajstić information content (AvgIpc) is 3.36. The van der Waals surface area contributed by atoms with E-state index in [0.717, 1.165) is 60.2 Å². The Kier molecular flexibility index (Phi) is 6.68. The third-order valence-corrected chi connectivity index (χ3v) is 10.3. The van der Waals surface area contributed by atoms with Crippen molar-refractivity contribution in [1.82, 2.24) is 4.98 Å². The van der Waals surface area contributed by atoms with Crippen LogP contribution in [0.15, 0.2) is 21.9 Å². The molecule has 0 bridgehead atoms. The second-order valence-electron chi connectivity index (χ2n) is 10.4. The van der Waals surface area contributed by atoms with Crippen molar-refractivity contribution in [2.75, 3.05) is 12.4 Å². The van der Waals surface area contributed by atoms with Crippen LogP contribution in [0.2, 0.25) is 0 Å². The Morgan fingerprint density at radius 1 is 1.46 bits per heavy atom. The predicted octanol–water partition coefficient (Wildman–Crippen LogP) is 6.56. The largest absolute Gasteiger partial charge is 0.504 e. The molecule has 3 aliphatic carbocycles. The third kappa shape index (κ3) is 4.28. The molecule has 2 N–H and O–H groups in total. The van der Waals surface area contributed by atoms with E-state index in [-0.39, 0.29) is 23.0 Å². The van der Waals surface area contributed by atoms with Gasteiger partial charge in [0.2, 0.25) is 5.91 Å². The van der Waals surface area contributed by atoms with Crippen molar-refractivity contribution in [1.29, 1.82) is 0 Å². The predicted molar refractivity (Wildman–Crippen MR) is 138 cm³/mol. The Bertz CT molecular complexity index is 1180. The maximum Gasteiger partial charge on any atom is 0.226 e. The van der Waals surface area contributed by atoms with Crippen LogP contribution in [0.3, 0.4) is 0 Å². The van der Waals surface area contributed by atoms with Crippen molar-refractivity contribution in [2.45, 2.75) is 64.7 Å². The number of carbonyl (C=O) groups is 1. The lowest BCUT2D eigenvalue weighted by Crippen LogP contribution is -2.44. The van der Waals surface area contributed by atoms with Crippen LogP contribution in [0, 0.1) is 35.9 Å². The van der Waals surface area contributed by atoms with Crippen molar-refractivity contribution in [2.24, 2.45) is 28.3 Å². The van der Waals surface area contributed by atoms with E-state index in [1.165, 1.54) is 11.3 Å². The molecule has 9 heteroatoms. The Balaban J connectivity index is 1.41. The molecule has 5 rings (SSSR count). The summed E-state index contributed by atoms with van der Waals surface area (Å²) in [4.78, 5) is 23.3. The van der Waals surface area contributed by atoms with Gasteiger partial charge in [-0.25, -0.2) is 9.37 Å². The topological polar surface area (TPSA) is 83.8 Å². The van der Waals surface area contributed by atoms with Gasteiger partial charge in [-0.1, -0.05) is 12.1 Å². The van der Waals surface area contributed by atoms with Crippen LogP contribution in [-0.2, 0) is 16.1 Å². The molecule has 0 aliphatic heterocycles. The minimum absolute atomic E-state index is 0.0130. The molecule has 0 spiro atoms. The molecular formula is C26H31BrFN3O3S. The molecule has 5 unspecified atom stereocenters. The summed E-state index contributed by atoms with van der Waals surface area (Å²) in [7, 11) is 1.59. The molecule has 0 radical (unpaired) electrons. The van der Waals surface area contributed by atoms with Crippen molar-refractivity contribution >= 4 is 44.0 Å². The second kappa shape index (κ2) is 9.47. The molecule has 1 amide bonds. The lowest BCUT2D eigenvalue weighted by Gasteiger charge is -2.50. The van der Waals surface area contributed by atoms with E-state index in [1.807, 2.05) is 6.92 Å². The van der Waals surface area contributed by atoms with Crippen molar-refractivity contribution in [3.63, 3.8) is 0 Å². The standard InChI is InChI=1S/C26H31BrFN3O3S/c1-13-12-29-25(35-13)30-21(32)7-4-14-10-20(31-34-3)26(2)9-8-15-16(22(14)26)5-6-17-18(15)11-19(28)24(33)23(17)27/h11-12,14-16,22,33H,4-10H2,1-3H3,(H,29,30,32). The number of nitrogens with one attached hydrogen (secondary N) is 1. The van der Waals surface area contributed by atoms with Gasteiger partial charge < -0.3 is 15.3 Å². The van der Waals surface area contributed by atoms with Crippen LogP contribution in [0.5, 0.6) is 5.75 Å². The molecule has 3 aliphatic rings. The first-order valence-electron chi connectivity index (χ1n) is 12.3. The van der Waals surface area contributed by atoms with Gasteiger partial charge in [0.25, 0.3) is 0 Å². The van der Waals surface area contributed by atoms with Gasteiger partial charge in [0.05, 0.1) is 10.2 Å². The zero-order valence-electron chi connectivity index (χ0n) is 20.2. The number of phenols is 1. The fourth-order valence-corrected chi connectivity index (χ4v) is 8.44. The van der Waals surface area contributed by atoms with Crippen LogP contribution in [0.25, 0.3) is 0 Å². The molecule has 6 nitrogen and oxygen atoms in total. The van der Waals surface area contributed by atoms with Crippen LogP contribution in [0.1, 0.15) is 67.4 Å². The Morgan fingerprint density at radius 2 is 2.26 bits per heavy atom. The number of aromatic hydroxyl groups is 1. The third-order valence-electron chi connectivity index (χ3n) is 8.58. The first-order valence-corrected chi connectivity index (χ1v) is 13.9. The smallest absolute Gasteiger partial charge is 0.226 e. The van der Waals surface area contributed by atoms with Crippen LogP contribution >= 0.6 is 27.3 Å². The second-order valence-corrected chi connectivity index (χ2v) is 12.5. The number of carbonyl (C=O) groups excluding carboxylic acids is 1. The lowest BCUT2D eigenvalue weighted by molar-refractivity contribution is -0.116. The van der Waals surface area contributed by atoms with E-state index in [9.17, 15) is 14.3 Å². The summed E-state index contributed by atoms with van der Waals surface area (Å²) >= 11 is 4.92. The minimum atomic E-state index is -0.566. The van der Waals surface area contributed by atoms with Crippen molar-refractivity contribution in [3.05, 3.63) is 38.6 Å². The number of thiazole rings is 1. The number of aryl methyl sites for hydroxylation is 1. The number of hydrogen-bond donors (Lipinski definition) is 2. The highest BCUT2D eigenvalue weighted by molar-refractivity contribution is 9.10. The first kappa shape index (κ1) is 24.7. The zero-order valence-corrected chi connectivity index (χ0v) is 22.6. The van der Waals surface area contributed by atoms with Crippen molar-refractivity contribution in [3.8, 4) is 5.75 Å². The maximum absolute atomic E-state index is 14.5. The molecule has 2 aromatic rings. The molecule has 1 heterocycles. The lowest BCUT2D eigenvalue weighted by atomic mass is 9.54.